The highest BCUT2D eigenvalue weighted by Gasteiger charge is 2.22. The van der Waals surface area contributed by atoms with Crippen molar-refractivity contribution in [2.75, 3.05) is 57.4 Å². The largest absolute Gasteiger partial charge is 0.497 e. The van der Waals surface area contributed by atoms with E-state index in [9.17, 15) is 13.2 Å². The molecular weight excluding hydrogens is 414 g/mol. The average Bonchev–Trinajstić information content (AvgIpc) is 2.76. The number of ether oxygens (including phenoxy) is 1. The van der Waals surface area contributed by atoms with Gasteiger partial charge in [-0.05, 0) is 43.2 Å². The summed E-state index contributed by atoms with van der Waals surface area (Å²) in [6.45, 7) is 7.74. The van der Waals surface area contributed by atoms with E-state index < -0.39 is 9.84 Å². The highest BCUT2D eigenvalue weighted by molar-refractivity contribution is 7.91. The van der Waals surface area contributed by atoms with Crippen LogP contribution in [0, 0.1) is 13.8 Å². The fraction of sp³-hybridized carbons (Fsp3) is 0.435. The Morgan fingerprint density at radius 2 is 1.61 bits per heavy atom. The third kappa shape index (κ3) is 6.29. The maximum absolute atomic E-state index is 12.6. The van der Waals surface area contributed by atoms with E-state index in [1.165, 1.54) is 7.11 Å². The lowest BCUT2D eigenvalue weighted by Gasteiger charge is -2.34. The number of hydrogen-bond acceptors (Lipinski definition) is 6. The monoisotopic (exact) mass is 445 g/mol. The number of nitrogens with one attached hydrogen (secondary N) is 1. The maximum Gasteiger partial charge on any atom is 0.238 e. The van der Waals surface area contributed by atoms with Crippen LogP contribution in [0.4, 0.5) is 5.69 Å². The zero-order chi connectivity index (χ0) is 22.4. The van der Waals surface area contributed by atoms with Crippen molar-refractivity contribution in [2.24, 2.45) is 0 Å². The number of anilines is 1. The number of piperazine rings is 1. The predicted molar refractivity (Wildman–Crippen MR) is 122 cm³/mol. The quantitative estimate of drug-likeness (QED) is 0.672. The van der Waals surface area contributed by atoms with Gasteiger partial charge in [-0.1, -0.05) is 24.3 Å². The van der Waals surface area contributed by atoms with Gasteiger partial charge in [-0.3, -0.25) is 14.6 Å². The number of carbonyl (C=O) groups is 1. The topological polar surface area (TPSA) is 79.0 Å². The number of amides is 1. The van der Waals surface area contributed by atoms with Gasteiger partial charge in [0, 0.05) is 38.4 Å². The van der Waals surface area contributed by atoms with Gasteiger partial charge >= 0.3 is 0 Å². The van der Waals surface area contributed by atoms with Gasteiger partial charge in [0.25, 0.3) is 0 Å². The van der Waals surface area contributed by atoms with Crippen molar-refractivity contribution in [1.82, 2.24) is 9.80 Å². The Kier molecular flexibility index (Phi) is 7.69. The first-order valence-electron chi connectivity index (χ1n) is 10.5. The van der Waals surface area contributed by atoms with E-state index in [1.54, 1.807) is 24.3 Å². The third-order valence-corrected chi connectivity index (χ3v) is 7.35. The number of carbonyl (C=O) groups excluding carboxylic acids is 1. The van der Waals surface area contributed by atoms with Crippen molar-refractivity contribution in [1.29, 1.82) is 0 Å². The van der Waals surface area contributed by atoms with Crippen molar-refractivity contribution >= 4 is 21.4 Å². The lowest BCUT2D eigenvalue weighted by molar-refractivity contribution is -0.117. The summed E-state index contributed by atoms with van der Waals surface area (Å²) in [6, 6.07) is 12.5. The van der Waals surface area contributed by atoms with E-state index >= 15 is 0 Å². The second-order valence-electron chi connectivity index (χ2n) is 7.93. The van der Waals surface area contributed by atoms with Crippen LogP contribution in [0.3, 0.4) is 0 Å². The molecule has 0 bridgehead atoms. The molecule has 0 spiro atoms. The van der Waals surface area contributed by atoms with Crippen LogP contribution < -0.4 is 10.1 Å². The molecule has 0 aliphatic carbocycles. The van der Waals surface area contributed by atoms with Crippen molar-refractivity contribution < 1.29 is 17.9 Å². The zero-order valence-corrected chi connectivity index (χ0v) is 19.2. The van der Waals surface area contributed by atoms with Crippen molar-refractivity contribution in [3.8, 4) is 5.75 Å². The summed E-state index contributed by atoms with van der Waals surface area (Å²) >= 11 is 0. The second kappa shape index (κ2) is 10.3. The van der Waals surface area contributed by atoms with Crippen LogP contribution in [0.2, 0.25) is 0 Å². The van der Waals surface area contributed by atoms with E-state index in [4.69, 9.17) is 4.74 Å². The number of hydrogen-bond donors (Lipinski definition) is 1. The van der Waals surface area contributed by atoms with E-state index in [0.717, 1.165) is 43.0 Å². The Hall–Kier alpha value is -2.42. The summed E-state index contributed by atoms with van der Waals surface area (Å²) in [5.41, 5.74) is 2.99. The van der Waals surface area contributed by atoms with Crippen molar-refractivity contribution in [3.05, 3.63) is 53.6 Å². The normalized spacial score (nSPS) is 15.6. The molecule has 1 aliphatic rings. The van der Waals surface area contributed by atoms with E-state index in [-0.39, 0.29) is 16.6 Å². The Labute approximate surface area is 184 Å². The molecular formula is C23H31N3O4S. The minimum atomic E-state index is -3.37. The van der Waals surface area contributed by atoms with Crippen molar-refractivity contribution in [3.63, 3.8) is 0 Å². The molecule has 0 atom stereocenters. The number of rotatable bonds is 8. The summed E-state index contributed by atoms with van der Waals surface area (Å²) in [5, 5.41) is 3.03. The average molecular weight is 446 g/mol. The number of benzene rings is 2. The van der Waals surface area contributed by atoms with E-state index in [1.807, 2.05) is 32.0 Å². The van der Waals surface area contributed by atoms with E-state index in [2.05, 4.69) is 15.1 Å². The molecule has 1 heterocycles. The predicted octanol–water partition coefficient (Wildman–Crippen LogP) is 2.34. The molecule has 7 nitrogen and oxygen atoms in total. The molecule has 1 saturated heterocycles. The molecule has 2 aromatic rings. The smallest absolute Gasteiger partial charge is 0.238 e. The lowest BCUT2D eigenvalue weighted by atomic mass is 10.1. The molecule has 1 aliphatic heterocycles. The molecule has 0 unspecified atom stereocenters. The summed E-state index contributed by atoms with van der Waals surface area (Å²) in [5.74, 6) is 0.577. The SMILES string of the molecule is COc1cccc(S(=O)(=O)CCN2CCN(CC(=O)Nc3c(C)cccc3C)CC2)c1. The van der Waals surface area contributed by atoms with Gasteiger partial charge in [0.15, 0.2) is 9.84 Å². The molecule has 3 rings (SSSR count). The minimum Gasteiger partial charge on any atom is -0.497 e. The lowest BCUT2D eigenvalue weighted by Crippen LogP contribution is -2.49. The fourth-order valence-electron chi connectivity index (χ4n) is 3.73. The molecule has 0 saturated carbocycles. The molecule has 8 heteroatoms. The highest BCUT2D eigenvalue weighted by atomic mass is 32.2. The van der Waals surface area contributed by atoms with Gasteiger partial charge in [0.05, 0.1) is 24.3 Å². The highest BCUT2D eigenvalue weighted by Crippen LogP contribution is 2.20. The number of sulfone groups is 1. The number of nitrogens with zero attached hydrogens (tertiary/aromatic N) is 2. The number of methoxy groups -OCH3 is 1. The molecule has 2 aromatic carbocycles. The fourth-order valence-corrected chi connectivity index (χ4v) is 5.04. The molecule has 1 N–H and O–H groups in total. The summed E-state index contributed by atoms with van der Waals surface area (Å²) in [4.78, 5) is 17.0. The first-order chi connectivity index (χ1) is 14.8. The van der Waals surface area contributed by atoms with Crippen LogP contribution in [-0.2, 0) is 14.6 Å². The molecule has 31 heavy (non-hydrogen) atoms. The van der Waals surface area contributed by atoms with Crippen LogP contribution >= 0.6 is 0 Å². The minimum absolute atomic E-state index is 0.0218. The van der Waals surface area contributed by atoms with Crippen LogP contribution in [0.1, 0.15) is 11.1 Å². The summed E-state index contributed by atoms with van der Waals surface area (Å²) in [6.07, 6.45) is 0. The second-order valence-corrected chi connectivity index (χ2v) is 10.0. The van der Waals surface area contributed by atoms with Gasteiger partial charge in [0.2, 0.25) is 5.91 Å². The van der Waals surface area contributed by atoms with Gasteiger partial charge in [-0.25, -0.2) is 8.42 Å². The van der Waals surface area contributed by atoms with Gasteiger partial charge in [-0.15, -0.1) is 0 Å². The van der Waals surface area contributed by atoms with Crippen LogP contribution in [0.15, 0.2) is 47.4 Å². The van der Waals surface area contributed by atoms with Crippen LogP contribution in [-0.4, -0.2) is 76.3 Å². The Balaban J connectivity index is 1.46. The molecule has 1 amide bonds. The zero-order valence-electron chi connectivity index (χ0n) is 18.4. The van der Waals surface area contributed by atoms with Gasteiger partial charge in [-0.2, -0.15) is 0 Å². The molecule has 0 aromatic heterocycles. The summed E-state index contributed by atoms with van der Waals surface area (Å²) in [7, 11) is -1.85. The maximum atomic E-state index is 12.6. The third-order valence-electron chi connectivity index (χ3n) is 5.65. The molecule has 168 valence electrons. The molecule has 1 fully saturated rings. The van der Waals surface area contributed by atoms with Crippen LogP contribution in [0.25, 0.3) is 0 Å². The van der Waals surface area contributed by atoms with E-state index in [0.29, 0.717) is 18.8 Å². The summed E-state index contributed by atoms with van der Waals surface area (Å²) < 4.78 is 30.4. The van der Waals surface area contributed by atoms with Crippen molar-refractivity contribution in [2.45, 2.75) is 18.7 Å². The van der Waals surface area contributed by atoms with Gasteiger partial charge < -0.3 is 10.1 Å². The Morgan fingerprint density at radius 3 is 2.26 bits per heavy atom. The van der Waals surface area contributed by atoms with Gasteiger partial charge in [0.1, 0.15) is 5.75 Å². The molecule has 0 radical (unpaired) electrons. The number of aryl methyl sites for hydroxylation is 2. The first-order valence-corrected chi connectivity index (χ1v) is 12.1. The standard InChI is InChI=1S/C23H31N3O4S/c1-18-6-4-7-19(2)23(18)24-22(27)17-26-12-10-25(11-13-26)14-15-31(28,29)21-9-5-8-20(16-21)30-3/h4-9,16H,10-15,17H2,1-3H3,(H,24,27). The first kappa shape index (κ1) is 23.2. The Bertz CT molecular complexity index is 995. The number of para-hydroxylation sites is 1. The van der Waals surface area contributed by atoms with Crippen LogP contribution in [0.5, 0.6) is 5.75 Å². The Morgan fingerprint density at radius 1 is 1.00 bits per heavy atom.